The lowest BCUT2D eigenvalue weighted by molar-refractivity contribution is -0.123. The minimum absolute atomic E-state index is 0.00195. The molecule has 3 heterocycles. The molecule has 0 saturated carbocycles. The molecule has 1 fully saturated rings. The van der Waals surface area contributed by atoms with Gasteiger partial charge >= 0.3 is 0 Å². The summed E-state index contributed by atoms with van der Waals surface area (Å²) < 4.78 is 19.4. The number of benzene rings is 1. The van der Waals surface area contributed by atoms with Crippen molar-refractivity contribution in [3.05, 3.63) is 54.9 Å². The van der Waals surface area contributed by atoms with Crippen LogP contribution in [0.2, 0.25) is 19.1 Å². The molecular weight excluding hydrogens is 436 g/mol. The third-order valence-corrected chi connectivity index (χ3v) is 6.74. The van der Waals surface area contributed by atoms with Gasteiger partial charge in [-0.25, -0.2) is 4.68 Å². The fourth-order valence-electron chi connectivity index (χ4n) is 3.44. The van der Waals surface area contributed by atoms with Crippen LogP contribution in [0.4, 0.5) is 0 Å². The summed E-state index contributed by atoms with van der Waals surface area (Å²) in [7, 11) is -0.604. The number of hydrogen-bond donors (Lipinski definition) is 1. The number of aromatic nitrogens is 3. The van der Waals surface area contributed by atoms with E-state index in [1.165, 1.54) is 0 Å². The molecule has 0 unspecified atom stereocenters. The zero-order valence-corrected chi connectivity index (χ0v) is 20.2. The Morgan fingerprint density at radius 1 is 1.09 bits per heavy atom. The maximum absolute atomic E-state index is 11.3. The van der Waals surface area contributed by atoms with Crippen molar-refractivity contribution >= 4 is 14.7 Å². The van der Waals surface area contributed by atoms with Gasteiger partial charge in [-0.2, -0.15) is 5.10 Å². The van der Waals surface area contributed by atoms with E-state index < -0.39 is 8.80 Å². The number of rotatable bonds is 10. The van der Waals surface area contributed by atoms with Crippen LogP contribution in [0.15, 0.2) is 54.9 Å². The van der Waals surface area contributed by atoms with Gasteiger partial charge in [0.05, 0.1) is 24.1 Å². The lowest BCUT2D eigenvalue weighted by atomic mass is 10.1. The van der Waals surface area contributed by atoms with Crippen molar-refractivity contribution in [2.75, 3.05) is 13.2 Å². The first-order chi connectivity index (χ1) is 16.1. The first-order valence-corrected chi connectivity index (χ1v) is 14.5. The van der Waals surface area contributed by atoms with Crippen molar-refractivity contribution in [3.63, 3.8) is 0 Å². The second-order valence-electron chi connectivity index (χ2n) is 8.47. The van der Waals surface area contributed by atoms with Gasteiger partial charge < -0.3 is 19.5 Å². The predicted octanol–water partition coefficient (Wildman–Crippen LogP) is 3.86. The quantitative estimate of drug-likeness (QED) is 0.361. The first kappa shape index (κ1) is 23.0. The van der Waals surface area contributed by atoms with Gasteiger partial charge in [-0.1, -0.05) is 13.1 Å². The molecule has 4 rings (SSSR count). The molecule has 33 heavy (non-hydrogen) atoms. The number of nitrogens with one attached hydrogen (secondary N) is 1. The molecule has 1 aromatic carbocycles. The van der Waals surface area contributed by atoms with E-state index >= 15 is 0 Å². The maximum Gasteiger partial charge on any atom is 0.220 e. The molecule has 1 aliphatic rings. The Balaban J connectivity index is 1.31. The molecule has 3 aromatic rings. The highest BCUT2D eigenvalue weighted by Crippen LogP contribution is 2.26. The summed E-state index contributed by atoms with van der Waals surface area (Å²) in [5.41, 5.74) is 1.72. The van der Waals surface area contributed by atoms with E-state index in [2.05, 4.69) is 28.5 Å². The molecule has 0 radical (unpaired) electrons. The zero-order valence-electron chi connectivity index (χ0n) is 19.1. The van der Waals surface area contributed by atoms with Crippen LogP contribution in [0.25, 0.3) is 11.4 Å². The maximum atomic E-state index is 11.3. The highest BCUT2D eigenvalue weighted by atomic mass is 28.3. The average Bonchev–Trinajstić information content (AvgIpc) is 3.28. The fraction of sp³-hybridized carbons (Fsp3) is 0.375. The lowest BCUT2D eigenvalue weighted by Crippen LogP contribution is -2.40. The SMILES string of the molecule is C[SiH](C)CCOCn1nccc1-c1ccc(Oc2ccc(O[C@@H]3CCC(=O)NC3)cc2)cn1. The van der Waals surface area contributed by atoms with Gasteiger partial charge in [0.15, 0.2) is 0 Å². The highest BCUT2D eigenvalue weighted by Gasteiger charge is 2.19. The van der Waals surface area contributed by atoms with Crippen molar-refractivity contribution in [2.45, 2.75) is 44.8 Å². The molecule has 1 atom stereocenters. The molecule has 0 spiro atoms. The number of carbonyl (C=O) groups excluding carboxylic acids is 1. The summed E-state index contributed by atoms with van der Waals surface area (Å²) in [6.07, 6.45) is 4.69. The van der Waals surface area contributed by atoms with Gasteiger partial charge in [-0.3, -0.25) is 9.78 Å². The molecule has 2 aromatic heterocycles. The van der Waals surface area contributed by atoms with E-state index in [0.717, 1.165) is 36.2 Å². The summed E-state index contributed by atoms with van der Waals surface area (Å²) >= 11 is 0. The Kier molecular flexibility index (Phi) is 7.74. The van der Waals surface area contributed by atoms with E-state index in [4.69, 9.17) is 14.2 Å². The summed E-state index contributed by atoms with van der Waals surface area (Å²) in [5.74, 6) is 2.18. The normalized spacial score (nSPS) is 16.0. The number of ether oxygens (including phenoxy) is 3. The molecule has 1 saturated heterocycles. The molecular formula is C24H30N4O4Si. The molecule has 1 aliphatic heterocycles. The summed E-state index contributed by atoms with van der Waals surface area (Å²) in [6, 6.07) is 14.3. The van der Waals surface area contributed by atoms with E-state index in [9.17, 15) is 4.79 Å². The molecule has 8 nitrogen and oxygen atoms in total. The van der Waals surface area contributed by atoms with Crippen molar-refractivity contribution < 1.29 is 19.0 Å². The van der Waals surface area contributed by atoms with Gasteiger partial charge in [0.1, 0.15) is 30.1 Å². The van der Waals surface area contributed by atoms with Crippen molar-refractivity contribution in [3.8, 4) is 28.6 Å². The van der Waals surface area contributed by atoms with E-state index in [1.807, 2.05) is 47.1 Å². The summed E-state index contributed by atoms with van der Waals surface area (Å²) in [6.45, 7) is 6.37. The smallest absolute Gasteiger partial charge is 0.220 e. The Bertz CT molecular complexity index is 1030. The Morgan fingerprint density at radius 3 is 2.58 bits per heavy atom. The van der Waals surface area contributed by atoms with Crippen LogP contribution in [0, 0.1) is 0 Å². The Morgan fingerprint density at radius 2 is 1.88 bits per heavy atom. The van der Waals surface area contributed by atoms with E-state index in [0.29, 0.717) is 31.2 Å². The van der Waals surface area contributed by atoms with Crippen LogP contribution < -0.4 is 14.8 Å². The number of carbonyl (C=O) groups is 1. The second kappa shape index (κ2) is 11.1. The Labute approximate surface area is 195 Å². The average molecular weight is 467 g/mol. The van der Waals surface area contributed by atoms with Crippen LogP contribution in [-0.4, -0.2) is 48.7 Å². The first-order valence-electron chi connectivity index (χ1n) is 11.3. The minimum atomic E-state index is -0.604. The van der Waals surface area contributed by atoms with Gasteiger partial charge in [-0.05, 0) is 54.9 Å². The second-order valence-corrected chi connectivity index (χ2v) is 11.8. The van der Waals surface area contributed by atoms with Crippen LogP contribution in [0.1, 0.15) is 12.8 Å². The zero-order chi connectivity index (χ0) is 23.0. The van der Waals surface area contributed by atoms with E-state index in [1.54, 1.807) is 12.4 Å². The third kappa shape index (κ3) is 6.66. The van der Waals surface area contributed by atoms with Crippen molar-refractivity contribution in [2.24, 2.45) is 0 Å². The highest BCUT2D eigenvalue weighted by molar-refractivity contribution is 6.55. The number of nitrogens with zero attached hydrogens (tertiary/aromatic N) is 3. The van der Waals surface area contributed by atoms with Crippen LogP contribution in [0.3, 0.4) is 0 Å². The van der Waals surface area contributed by atoms with Crippen LogP contribution in [0.5, 0.6) is 17.2 Å². The van der Waals surface area contributed by atoms with Crippen molar-refractivity contribution in [1.82, 2.24) is 20.1 Å². The number of piperidine rings is 1. The van der Waals surface area contributed by atoms with Crippen molar-refractivity contribution in [1.29, 1.82) is 0 Å². The van der Waals surface area contributed by atoms with Gasteiger partial charge in [0.2, 0.25) is 5.91 Å². The summed E-state index contributed by atoms with van der Waals surface area (Å²) in [4.78, 5) is 15.8. The molecule has 174 valence electrons. The number of hydrogen-bond acceptors (Lipinski definition) is 6. The topological polar surface area (TPSA) is 87.5 Å². The lowest BCUT2D eigenvalue weighted by Gasteiger charge is -2.23. The number of amides is 1. The standard InChI is InChI=1S/C24H30N4O4Si/c1-33(2)14-13-30-17-28-23(11-12-27-28)22-9-7-20(15-25-22)31-18-3-5-19(6-4-18)32-21-8-10-24(29)26-16-21/h3-7,9,11-12,15,21,33H,8,10,13-14,16-17H2,1-2H3,(H,26,29)/t21-/m1/s1. The van der Waals surface area contributed by atoms with Crippen LogP contribution in [-0.2, 0) is 16.3 Å². The molecule has 0 aliphatic carbocycles. The number of pyridine rings is 1. The molecule has 9 heteroatoms. The largest absolute Gasteiger partial charge is 0.489 e. The van der Waals surface area contributed by atoms with Crippen LogP contribution >= 0.6 is 0 Å². The minimum Gasteiger partial charge on any atom is -0.489 e. The Hall–Kier alpha value is -3.17. The molecule has 1 amide bonds. The summed E-state index contributed by atoms with van der Waals surface area (Å²) in [5, 5.41) is 7.18. The predicted molar refractivity (Wildman–Crippen MR) is 128 cm³/mol. The van der Waals surface area contributed by atoms with E-state index in [-0.39, 0.29) is 12.0 Å². The van der Waals surface area contributed by atoms with Gasteiger partial charge in [-0.15, -0.1) is 0 Å². The monoisotopic (exact) mass is 466 g/mol. The fourth-order valence-corrected chi connectivity index (χ4v) is 4.08. The third-order valence-electron chi connectivity index (χ3n) is 5.35. The molecule has 0 bridgehead atoms. The van der Waals surface area contributed by atoms with Gasteiger partial charge in [0.25, 0.3) is 0 Å². The molecule has 1 N–H and O–H groups in total. The van der Waals surface area contributed by atoms with Gasteiger partial charge in [0, 0.05) is 28.0 Å².